The monoisotopic (exact) mass is 2090 g/mol. The number of halogens is 1. The second kappa shape index (κ2) is 65.5. The number of phenols is 1. The number of nitrogens with two attached hydrogens (primary N) is 3. The number of primary amides is 2. The van der Waals surface area contributed by atoms with Crippen molar-refractivity contribution in [3.05, 3.63) is 120 Å². The number of thioether (sulfide) groups is 1. The first-order valence-electron chi connectivity index (χ1n) is 48.7. The maximum absolute atomic E-state index is 14.6. The number of benzene rings is 3. The summed E-state index contributed by atoms with van der Waals surface area (Å²) in [5.41, 5.74) is 18.8. The van der Waals surface area contributed by atoms with Crippen molar-refractivity contribution < 1.29 is 125 Å². The summed E-state index contributed by atoms with van der Waals surface area (Å²) in [6.45, 7) is 6.43. The Balaban J connectivity index is 1.07. The van der Waals surface area contributed by atoms with Crippen LogP contribution in [-0.4, -0.2) is 313 Å². The van der Waals surface area contributed by atoms with Gasteiger partial charge in [0.2, 0.25) is 106 Å². The first-order valence-corrected chi connectivity index (χ1v) is 50.1. The molecule has 6 rings (SSSR count). The maximum Gasteiger partial charge on any atom is 0.305 e. The van der Waals surface area contributed by atoms with Crippen LogP contribution in [0.5, 0.6) is 5.75 Å². The third kappa shape index (κ3) is 46.6. The fraction of sp³-hybridized carbons (Fsp3) is 0.542. The number of unbranched alkanes of at least 4 members (excludes halogenated alkanes) is 3. The summed E-state index contributed by atoms with van der Waals surface area (Å²) in [5.74, 6) is -18.3. The fourth-order valence-corrected chi connectivity index (χ4v) is 15.5. The number of hydrogen-bond acceptors (Lipinski definition) is 27. The number of H-pyrrole nitrogens is 2. The number of phenolic OH excluding ortho intramolecular Hbond substituents is 1. The Morgan fingerprint density at radius 3 is 1.78 bits per heavy atom. The van der Waals surface area contributed by atoms with Crippen LogP contribution in [0.25, 0.3) is 10.9 Å². The lowest BCUT2D eigenvalue weighted by molar-refractivity contribution is -0.141. The highest BCUT2D eigenvalue weighted by molar-refractivity contribution is 7.98. The fourth-order valence-electron chi connectivity index (χ4n) is 15.0. The minimum Gasteiger partial charge on any atom is -0.508 e. The quantitative estimate of drug-likeness (QED) is 0.0100. The van der Waals surface area contributed by atoms with Crippen molar-refractivity contribution in [3.63, 3.8) is 0 Å². The first-order chi connectivity index (χ1) is 70.6. The van der Waals surface area contributed by atoms with Gasteiger partial charge in [0.25, 0.3) is 5.91 Å². The van der Waals surface area contributed by atoms with E-state index in [2.05, 4.69) is 111 Å². The normalized spacial score (nSPS) is 16.0. The van der Waals surface area contributed by atoms with Crippen molar-refractivity contribution in [2.45, 2.75) is 229 Å². The number of aromatic amines is 2. The van der Waals surface area contributed by atoms with Crippen LogP contribution >= 0.6 is 11.8 Å². The van der Waals surface area contributed by atoms with Crippen LogP contribution < -0.4 is 113 Å². The van der Waals surface area contributed by atoms with Crippen LogP contribution in [0.1, 0.15) is 165 Å². The van der Waals surface area contributed by atoms with E-state index in [1.807, 2.05) is 20.1 Å². The highest BCUT2D eigenvalue weighted by Gasteiger charge is 2.38. The lowest BCUT2D eigenvalue weighted by Gasteiger charge is -2.26. The van der Waals surface area contributed by atoms with Crippen LogP contribution in [0.2, 0.25) is 0 Å². The summed E-state index contributed by atoms with van der Waals surface area (Å²) >= 11 is 1.44. The summed E-state index contributed by atoms with van der Waals surface area (Å²) < 4.78 is 29.8. The number of imidazole rings is 1. The van der Waals surface area contributed by atoms with Crippen LogP contribution in [0, 0.1) is 23.1 Å². The number of fused-ring (bicyclic) bond motifs is 1. The molecule has 12 atom stereocenters. The van der Waals surface area contributed by atoms with E-state index in [4.69, 9.17) is 36.8 Å². The smallest absolute Gasteiger partial charge is 0.305 e. The predicted molar refractivity (Wildman–Crippen MR) is 536 cm³/mol. The number of nitrogens with zero attached hydrogens (tertiary/aromatic N) is 1. The summed E-state index contributed by atoms with van der Waals surface area (Å²) in [6.07, 6.45) is 4.23. The number of carbonyl (C=O) groups is 20. The van der Waals surface area contributed by atoms with E-state index in [1.54, 1.807) is 44.3 Å². The molecule has 3 aromatic carbocycles. The average molecular weight is 2100 g/mol. The van der Waals surface area contributed by atoms with Crippen molar-refractivity contribution in [2.24, 2.45) is 29.0 Å². The van der Waals surface area contributed by atoms with E-state index >= 15 is 0 Å². The molecule has 0 bridgehead atoms. The van der Waals surface area contributed by atoms with E-state index in [0.29, 0.717) is 46.3 Å². The average Bonchev–Trinajstić information content (AvgIpc) is 1.68. The second-order valence-corrected chi connectivity index (χ2v) is 36.9. The molecule has 1 aliphatic rings. The Labute approximate surface area is 858 Å². The number of aliphatic carboxylic acids is 1. The number of para-hydroxylation sites is 1. The van der Waals surface area contributed by atoms with Gasteiger partial charge in [-0.2, -0.15) is 11.8 Å². The minimum atomic E-state index is -1.78. The van der Waals surface area contributed by atoms with E-state index in [9.17, 15) is 110 Å². The zero-order chi connectivity index (χ0) is 109. The van der Waals surface area contributed by atoms with Gasteiger partial charge in [-0.25, -0.2) is 9.37 Å². The zero-order valence-corrected chi connectivity index (χ0v) is 84.4. The number of carboxylic acid groups (broad SMARTS) is 1. The number of rotatable bonds is 65. The number of aromatic hydroxyl groups is 1. The number of ether oxygens (including phenoxy) is 3. The molecule has 5 aromatic rings. The van der Waals surface area contributed by atoms with E-state index in [-0.39, 0.29) is 173 Å². The van der Waals surface area contributed by atoms with Gasteiger partial charge in [-0.05, 0) is 155 Å². The molecule has 29 N–H and O–H groups in total. The summed E-state index contributed by atoms with van der Waals surface area (Å²) in [6, 6.07) is 0.693. The van der Waals surface area contributed by atoms with Gasteiger partial charge in [0.05, 0.1) is 64.6 Å². The highest BCUT2D eigenvalue weighted by atomic mass is 32.2. The molecule has 812 valence electrons. The number of aromatic nitrogens is 3. The number of carbonyl (C=O) groups excluding carboxylic acids is 19. The van der Waals surface area contributed by atoms with E-state index in [0.717, 1.165) is 12.1 Å². The Kier molecular flexibility index (Phi) is 53.9. The van der Waals surface area contributed by atoms with Crippen LogP contribution in [0.15, 0.2) is 91.5 Å². The van der Waals surface area contributed by atoms with Gasteiger partial charge in [0.1, 0.15) is 90.7 Å². The molecule has 50 nitrogen and oxygen atoms in total. The topological polar surface area (TPSA) is 772 Å². The van der Waals surface area contributed by atoms with Gasteiger partial charge in [-0.3, -0.25) is 101 Å². The minimum absolute atomic E-state index is 0.00210. The molecule has 0 spiro atoms. The number of hydrogen-bond donors (Lipinski definition) is 26. The standard InChI is InChI=1S/C96H140FN25O25S/c1-54(2)43-70(92(141)116-65(83(99)132)32-42-148-6)118-94(143)73(46-61-49-102-53-110-61)115-79(128)51-109-95(144)82(55(3)4)122-84(133)56(5)111-91(140)72(45-59-48-107-64-16-10-9-15-63(59)64)120-90(139)69(28-30-75(98)124)112-77(126)19-8-7-12-33-103-76(125)31-29-68(114-80(129)52-147-41-40-146-39-38-145-37-36-105-85(134)58-22-24-60(97)25-23-58)86(135)104-34-13-11-17-67-89(138)119-71(44-57-20-26-62(123)27-21-57)93(142)121-74(47-81(130)131)87(136)108-50-78(127)113-66(88(137)117-67)18-14-35-106-96(100)101/h9-10,15-16,20-27,48-49,53-56,65-74,82,107,123H,7-8,11-14,17-19,28-47,50-52H2,1-6H3,(H2,98,124)(H2,99,132)(H,102,110)(H,103,125)(H,104,135)(H,105,134)(H,108,136)(H,109,144)(H,111,140)(H,112,126)(H,113,127)(H,114,129)(H,115,128)(H,116,141)(H,117,137)(H,118,143)(H,119,138)(H,120,139)(H,121,142)(H,122,133)(H,130,131)(H4,100,101,106)/t56-,65+,66+,67+,68-,69-,70-,71-,72+,73+,74+,82+/m0/s1. The van der Waals surface area contributed by atoms with Crippen LogP contribution in [-0.2, 0) is 125 Å². The van der Waals surface area contributed by atoms with Gasteiger partial charge in [0, 0.05) is 93.6 Å². The van der Waals surface area contributed by atoms with E-state index in [1.165, 1.54) is 67.6 Å². The molecular weight excluding hydrogens is 1950 g/mol. The third-order valence-corrected chi connectivity index (χ3v) is 23.6. The molecule has 148 heavy (non-hydrogen) atoms. The number of amides is 19. The molecule has 1 saturated heterocycles. The summed E-state index contributed by atoms with van der Waals surface area (Å²) in [5, 5.41) is 74.4. The van der Waals surface area contributed by atoms with Gasteiger partial charge in [-0.15, -0.1) is 0 Å². The summed E-state index contributed by atoms with van der Waals surface area (Å²) in [7, 11) is 0. The lowest BCUT2D eigenvalue weighted by atomic mass is 10.0. The summed E-state index contributed by atoms with van der Waals surface area (Å²) in [4.78, 5) is 282. The highest BCUT2D eigenvalue weighted by Crippen LogP contribution is 2.22. The van der Waals surface area contributed by atoms with Gasteiger partial charge < -0.3 is 147 Å². The molecule has 0 unspecified atom stereocenters. The molecule has 1 fully saturated rings. The molecule has 1 aliphatic heterocycles. The van der Waals surface area contributed by atoms with Crippen LogP contribution in [0.4, 0.5) is 4.39 Å². The predicted octanol–water partition coefficient (Wildman–Crippen LogP) is -3.99. The van der Waals surface area contributed by atoms with Crippen molar-refractivity contribution in [1.29, 1.82) is 5.41 Å². The maximum atomic E-state index is 14.6. The molecule has 0 radical (unpaired) electrons. The first kappa shape index (κ1) is 122. The number of carboxylic acids is 1. The largest absolute Gasteiger partial charge is 0.508 e. The van der Waals surface area contributed by atoms with Gasteiger partial charge >= 0.3 is 5.97 Å². The number of guanidine groups is 1. The Morgan fingerprint density at radius 2 is 1.11 bits per heavy atom. The Hall–Kier alpha value is -15.0. The molecule has 0 saturated carbocycles. The Bertz CT molecular complexity index is 5270. The molecular formula is C96H140FN25O25S. The molecule has 52 heteroatoms. The molecule has 0 aliphatic carbocycles. The second-order valence-electron chi connectivity index (χ2n) is 35.9. The lowest BCUT2D eigenvalue weighted by Crippen LogP contribution is -2.59. The Morgan fingerprint density at radius 1 is 0.520 bits per heavy atom. The van der Waals surface area contributed by atoms with Crippen molar-refractivity contribution in [3.8, 4) is 5.75 Å². The number of nitrogens with one attached hydrogen (secondary N) is 21. The SMILES string of the molecule is CSCC[C@@H](NC(=O)[C@H](CC(C)C)NC(=O)[C@@H](Cc1c[nH]cn1)NC(=O)CNC(=O)[C@H](NC(=O)[C@H](C)NC(=O)[C@@H](Cc1c[nH]c2ccccc12)NC(=O)[C@H](CCC(N)=O)NC(=O)CCCCCNC(=O)CC[C@H](NC(=O)COCCOCCOCCNC(=O)c1ccc(F)cc1)C(=O)NCCCC[C@H]1NC(=O)[C@@H](CCCNC(=N)N)NC(=O)CNC(=O)[C@@H](CC(=O)O)NC(=O)[C@H](Cc2ccc(O)cc2)NC1=O)C(C)C)C(N)=O. The van der Waals surface area contributed by atoms with Crippen LogP contribution in [0.3, 0.4) is 0 Å². The zero-order valence-electron chi connectivity index (χ0n) is 83.6. The third-order valence-electron chi connectivity index (χ3n) is 23.0. The van der Waals surface area contributed by atoms with Crippen molar-refractivity contribution >= 4 is 147 Å². The van der Waals surface area contributed by atoms with Crippen molar-refractivity contribution in [1.82, 2.24) is 111 Å². The van der Waals surface area contributed by atoms with E-state index < -0.39 is 241 Å². The molecule has 19 amide bonds. The molecule has 3 heterocycles. The van der Waals surface area contributed by atoms with Gasteiger partial charge in [-0.1, -0.05) is 64.4 Å². The molecule has 2 aromatic heterocycles. The van der Waals surface area contributed by atoms with Gasteiger partial charge in [0.15, 0.2) is 5.96 Å². The van der Waals surface area contributed by atoms with Crippen molar-refractivity contribution in [2.75, 3.05) is 90.9 Å².